The molecule has 4 rings (SSSR count). The zero-order valence-corrected chi connectivity index (χ0v) is 20.9. The summed E-state index contributed by atoms with van der Waals surface area (Å²) < 4.78 is 5.27. The van der Waals surface area contributed by atoms with Crippen LogP contribution in [-0.2, 0) is 11.2 Å². The summed E-state index contributed by atoms with van der Waals surface area (Å²) in [6.07, 6.45) is 4.66. The second-order valence-corrected chi connectivity index (χ2v) is 10.1. The first-order valence-electron chi connectivity index (χ1n) is 12.0. The lowest BCUT2D eigenvalue weighted by Gasteiger charge is -2.27. The number of thiophene rings is 1. The number of hydrogen-bond acceptors (Lipinski definition) is 6. The van der Waals surface area contributed by atoms with Crippen LogP contribution in [0.25, 0.3) is 10.4 Å². The number of benzene rings is 1. The average molecular weight is 481 g/mol. The number of aryl methyl sites for hydroxylation is 1. The molecule has 2 aromatic heterocycles. The van der Waals surface area contributed by atoms with E-state index in [1.807, 2.05) is 56.0 Å². The summed E-state index contributed by atoms with van der Waals surface area (Å²) in [6.45, 7) is 7.54. The number of carbonyl (C=O) groups excluding carboxylic acids is 2. The highest BCUT2D eigenvalue weighted by Crippen LogP contribution is 2.40. The van der Waals surface area contributed by atoms with Crippen LogP contribution >= 0.6 is 11.3 Å². The van der Waals surface area contributed by atoms with Gasteiger partial charge in [-0.05, 0) is 43.7 Å². The Morgan fingerprint density at radius 3 is 2.56 bits per heavy atom. The summed E-state index contributed by atoms with van der Waals surface area (Å²) in [5, 5.41) is 7.64. The van der Waals surface area contributed by atoms with Crippen LogP contribution in [0.15, 0.2) is 34.9 Å². The van der Waals surface area contributed by atoms with Crippen molar-refractivity contribution in [3.63, 3.8) is 0 Å². The van der Waals surface area contributed by atoms with Crippen molar-refractivity contribution < 1.29 is 14.1 Å². The molecule has 2 amide bonds. The first kappa shape index (κ1) is 24.1. The molecule has 1 aliphatic rings. The molecular weight excluding hydrogens is 448 g/mol. The van der Waals surface area contributed by atoms with Gasteiger partial charge in [0.15, 0.2) is 5.82 Å². The van der Waals surface area contributed by atoms with Crippen molar-refractivity contribution in [1.29, 1.82) is 0 Å². The molecule has 0 saturated carbocycles. The number of anilines is 1. The molecule has 1 saturated heterocycles. The first-order valence-corrected chi connectivity index (χ1v) is 12.9. The van der Waals surface area contributed by atoms with Gasteiger partial charge in [-0.2, -0.15) is 4.98 Å². The molecule has 7 nitrogen and oxygen atoms in total. The van der Waals surface area contributed by atoms with Gasteiger partial charge in [-0.3, -0.25) is 9.59 Å². The van der Waals surface area contributed by atoms with E-state index in [0.717, 1.165) is 48.4 Å². The summed E-state index contributed by atoms with van der Waals surface area (Å²) in [4.78, 5) is 33.6. The zero-order chi connectivity index (χ0) is 24.1. The standard InChI is InChI=1S/C26H32N4O3S/c1-17(2)24-28-21(33-29-24)14-10-13-20(31)27-25-22(26(32)30-15-8-5-9-16-30)18(3)23(34-25)19-11-6-4-7-12-19/h4,6-7,11-12,17H,5,8-10,13-16H2,1-3H3,(H,27,31). The predicted molar refractivity (Wildman–Crippen MR) is 134 cm³/mol. The maximum Gasteiger partial charge on any atom is 0.257 e. The third-order valence-corrected chi connectivity index (χ3v) is 7.34. The maximum absolute atomic E-state index is 13.5. The normalized spacial score (nSPS) is 13.9. The van der Waals surface area contributed by atoms with E-state index >= 15 is 0 Å². The third-order valence-electron chi connectivity index (χ3n) is 6.09. The van der Waals surface area contributed by atoms with Gasteiger partial charge in [0, 0.05) is 36.7 Å². The minimum absolute atomic E-state index is 0.0120. The second-order valence-electron chi connectivity index (χ2n) is 9.08. The number of amides is 2. The minimum atomic E-state index is -0.114. The Morgan fingerprint density at radius 1 is 1.15 bits per heavy atom. The van der Waals surface area contributed by atoms with E-state index in [2.05, 4.69) is 15.5 Å². The Labute approximate surface area is 204 Å². The van der Waals surface area contributed by atoms with Crippen LogP contribution in [0.5, 0.6) is 0 Å². The molecule has 0 aliphatic carbocycles. The van der Waals surface area contributed by atoms with Crippen LogP contribution in [0.3, 0.4) is 0 Å². The van der Waals surface area contributed by atoms with Gasteiger partial charge >= 0.3 is 0 Å². The summed E-state index contributed by atoms with van der Waals surface area (Å²) in [5.41, 5.74) is 2.60. The van der Waals surface area contributed by atoms with E-state index < -0.39 is 0 Å². The van der Waals surface area contributed by atoms with Crippen LogP contribution in [0, 0.1) is 6.92 Å². The SMILES string of the molecule is Cc1c(-c2ccccc2)sc(NC(=O)CCCc2nc(C(C)C)no2)c1C(=O)N1CCCCC1. The van der Waals surface area contributed by atoms with Gasteiger partial charge in [0.05, 0.1) is 5.56 Å². The lowest BCUT2D eigenvalue weighted by Crippen LogP contribution is -2.36. The lowest BCUT2D eigenvalue weighted by atomic mass is 10.0. The molecule has 0 spiro atoms. The summed E-state index contributed by atoms with van der Waals surface area (Å²) in [5.74, 6) is 1.34. The van der Waals surface area contributed by atoms with Gasteiger partial charge < -0.3 is 14.7 Å². The van der Waals surface area contributed by atoms with E-state index in [-0.39, 0.29) is 17.7 Å². The topological polar surface area (TPSA) is 88.3 Å². The molecule has 3 heterocycles. The van der Waals surface area contributed by atoms with E-state index in [1.54, 1.807) is 0 Å². The minimum Gasteiger partial charge on any atom is -0.339 e. The molecule has 0 unspecified atom stereocenters. The number of carbonyl (C=O) groups is 2. The third kappa shape index (κ3) is 5.55. The average Bonchev–Trinajstić information content (AvgIpc) is 3.44. The molecule has 0 bridgehead atoms. The number of aromatic nitrogens is 2. The number of hydrogen-bond donors (Lipinski definition) is 1. The Balaban J connectivity index is 1.49. The van der Waals surface area contributed by atoms with E-state index in [4.69, 9.17) is 4.52 Å². The Bertz CT molecular complexity index is 1130. The van der Waals surface area contributed by atoms with Gasteiger partial charge in [0.1, 0.15) is 5.00 Å². The summed E-state index contributed by atoms with van der Waals surface area (Å²) in [7, 11) is 0. The monoisotopic (exact) mass is 480 g/mol. The molecule has 34 heavy (non-hydrogen) atoms. The molecular formula is C26H32N4O3S. The lowest BCUT2D eigenvalue weighted by molar-refractivity contribution is -0.116. The quantitative estimate of drug-likeness (QED) is 0.439. The highest BCUT2D eigenvalue weighted by atomic mass is 32.1. The summed E-state index contributed by atoms with van der Waals surface area (Å²) >= 11 is 1.48. The van der Waals surface area contributed by atoms with Gasteiger partial charge in [0.2, 0.25) is 11.8 Å². The Morgan fingerprint density at radius 2 is 1.88 bits per heavy atom. The fourth-order valence-electron chi connectivity index (χ4n) is 4.17. The highest BCUT2D eigenvalue weighted by Gasteiger charge is 2.27. The molecule has 180 valence electrons. The van der Waals surface area contributed by atoms with Gasteiger partial charge in [-0.25, -0.2) is 0 Å². The first-order chi connectivity index (χ1) is 16.4. The van der Waals surface area contributed by atoms with Crippen molar-refractivity contribution in [3.8, 4) is 10.4 Å². The van der Waals surface area contributed by atoms with Crippen LogP contribution < -0.4 is 5.32 Å². The largest absolute Gasteiger partial charge is 0.339 e. The number of rotatable bonds is 8. The smallest absolute Gasteiger partial charge is 0.257 e. The number of likely N-dealkylation sites (tertiary alicyclic amines) is 1. The van der Waals surface area contributed by atoms with E-state index in [9.17, 15) is 9.59 Å². The molecule has 1 fully saturated rings. The molecule has 1 aromatic carbocycles. The van der Waals surface area contributed by atoms with Crippen LogP contribution in [0.1, 0.15) is 79.5 Å². The molecule has 3 aromatic rings. The maximum atomic E-state index is 13.5. The van der Waals surface area contributed by atoms with E-state index in [0.29, 0.717) is 41.5 Å². The summed E-state index contributed by atoms with van der Waals surface area (Å²) in [6, 6.07) is 10.0. The van der Waals surface area contributed by atoms with Crippen LogP contribution in [0.2, 0.25) is 0 Å². The van der Waals surface area contributed by atoms with Crippen molar-refractivity contribution in [2.24, 2.45) is 0 Å². The van der Waals surface area contributed by atoms with Crippen LogP contribution in [-0.4, -0.2) is 39.9 Å². The molecule has 0 radical (unpaired) electrons. The van der Waals surface area contributed by atoms with Gasteiger partial charge in [-0.1, -0.05) is 49.3 Å². The Kier molecular flexibility index (Phi) is 7.77. The molecule has 8 heteroatoms. The Hall–Kier alpha value is -3.00. The fourth-order valence-corrected chi connectivity index (χ4v) is 5.39. The zero-order valence-electron chi connectivity index (χ0n) is 20.1. The van der Waals surface area contributed by atoms with Crippen molar-refractivity contribution in [3.05, 3.63) is 53.2 Å². The molecule has 1 aliphatic heterocycles. The van der Waals surface area contributed by atoms with Crippen molar-refractivity contribution in [1.82, 2.24) is 15.0 Å². The highest BCUT2D eigenvalue weighted by molar-refractivity contribution is 7.20. The predicted octanol–water partition coefficient (Wildman–Crippen LogP) is 5.82. The van der Waals surface area contributed by atoms with Crippen LogP contribution in [0.4, 0.5) is 5.00 Å². The van der Waals surface area contributed by atoms with Crippen molar-refractivity contribution in [2.45, 2.75) is 65.2 Å². The molecule has 1 N–H and O–H groups in total. The van der Waals surface area contributed by atoms with Gasteiger partial charge in [-0.15, -0.1) is 11.3 Å². The van der Waals surface area contributed by atoms with E-state index in [1.165, 1.54) is 11.3 Å². The van der Waals surface area contributed by atoms with Crippen molar-refractivity contribution in [2.75, 3.05) is 18.4 Å². The van der Waals surface area contributed by atoms with Crippen molar-refractivity contribution >= 4 is 28.2 Å². The number of nitrogens with zero attached hydrogens (tertiary/aromatic N) is 3. The number of nitrogens with one attached hydrogen (secondary N) is 1. The van der Waals surface area contributed by atoms with Gasteiger partial charge in [0.25, 0.3) is 5.91 Å². The second kappa shape index (κ2) is 11.0. The fraction of sp³-hybridized carbons (Fsp3) is 0.462. The molecule has 0 atom stereocenters. The number of piperidine rings is 1.